The lowest BCUT2D eigenvalue weighted by atomic mass is 9.79. The van der Waals surface area contributed by atoms with Gasteiger partial charge >= 0.3 is 6.18 Å². The van der Waals surface area contributed by atoms with E-state index >= 15 is 0 Å². The number of alkyl halides is 3. The van der Waals surface area contributed by atoms with Gasteiger partial charge in [0.15, 0.2) is 0 Å². The number of anilines is 1. The number of ether oxygens (including phenoxy) is 1. The van der Waals surface area contributed by atoms with E-state index in [1.54, 1.807) is 43.7 Å². The van der Waals surface area contributed by atoms with E-state index < -0.39 is 23.6 Å². The number of carbonyl (C=O) groups is 1. The molecule has 0 fully saturated rings. The average Bonchev–Trinajstić information content (AvgIpc) is 3.30. The van der Waals surface area contributed by atoms with Crippen molar-refractivity contribution in [3.05, 3.63) is 83.3 Å². The standard InChI is InChI=1S/C27H29F3N2O3/c1-31(2)13-14-32-25-8-4-7-24(27(28,29)30)23(25)17-21(18-9-11-19(34-3)12-10-18)22(26(32)33)16-20-6-5-15-35-20/h4-12,15,21-22H,13-14,16-17H2,1-3H3/t21-,22+/m1/s1. The quantitative estimate of drug-likeness (QED) is 0.449. The Morgan fingerprint density at radius 1 is 1.09 bits per heavy atom. The number of carbonyl (C=O) groups excluding carboxylic acids is 1. The Kier molecular flexibility index (Phi) is 7.21. The monoisotopic (exact) mass is 486 g/mol. The third-order valence-electron chi connectivity index (χ3n) is 6.56. The third-order valence-corrected chi connectivity index (χ3v) is 6.56. The Labute approximate surface area is 203 Å². The summed E-state index contributed by atoms with van der Waals surface area (Å²) in [5, 5.41) is 0. The molecule has 4 rings (SSSR count). The minimum atomic E-state index is -4.53. The van der Waals surface area contributed by atoms with Gasteiger partial charge in [0.25, 0.3) is 0 Å². The van der Waals surface area contributed by atoms with Crippen LogP contribution in [0.2, 0.25) is 0 Å². The van der Waals surface area contributed by atoms with Crippen LogP contribution in [0.4, 0.5) is 18.9 Å². The molecule has 1 aliphatic heterocycles. The van der Waals surface area contributed by atoms with Crippen LogP contribution in [0.5, 0.6) is 5.75 Å². The van der Waals surface area contributed by atoms with Crippen LogP contribution in [0.25, 0.3) is 0 Å². The van der Waals surface area contributed by atoms with Crippen LogP contribution < -0.4 is 9.64 Å². The van der Waals surface area contributed by atoms with E-state index in [1.807, 2.05) is 31.1 Å². The molecule has 0 saturated heterocycles. The molecule has 0 saturated carbocycles. The lowest BCUT2D eigenvalue weighted by Crippen LogP contribution is -2.41. The second kappa shape index (κ2) is 10.2. The van der Waals surface area contributed by atoms with Gasteiger partial charge in [-0.3, -0.25) is 4.79 Å². The van der Waals surface area contributed by atoms with Crippen LogP contribution in [0.3, 0.4) is 0 Å². The molecular formula is C27H29F3N2O3. The van der Waals surface area contributed by atoms with Crippen LogP contribution in [-0.4, -0.2) is 45.1 Å². The number of halogens is 3. The van der Waals surface area contributed by atoms with E-state index in [2.05, 4.69) is 0 Å². The molecule has 0 unspecified atom stereocenters. The highest BCUT2D eigenvalue weighted by Gasteiger charge is 2.42. The Morgan fingerprint density at radius 3 is 2.43 bits per heavy atom. The molecule has 35 heavy (non-hydrogen) atoms. The van der Waals surface area contributed by atoms with Gasteiger partial charge in [0.1, 0.15) is 11.5 Å². The van der Waals surface area contributed by atoms with Crippen LogP contribution in [0.1, 0.15) is 28.4 Å². The molecular weight excluding hydrogens is 457 g/mol. The smallest absolute Gasteiger partial charge is 0.416 e. The number of amides is 1. The molecule has 1 aromatic heterocycles. The van der Waals surface area contributed by atoms with Gasteiger partial charge in [0.05, 0.1) is 24.9 Å². The zero-order valence-corrected chi connectivity index (χ0v) is 20.0. The number of methoxy groups -OCH3 is 1. The first-order valence-corrected chi connectivity index (χ1v) is 11.5. The first-order valence-electron chi connectivity index (χ1n) is 11.5. The molecule has 2 atom stereocenters. The number of likely N-dealkylation sites (N-methyl/N-ethyl adjacent to an activating group) is 1. The molecule has 0 spiro atoms. The van der Waals surface area contributed by atoms with Gasteiger partial charge < -0.3 is 19.0 Å². The van der Waals surface area contributed by atoms with Gasteiger partial charge in [-0.1, -0.05) is 18.2 Å². The first kappa shape index (κ1) is 24.9. The summed E-state index contributed by atoms with van der Waals surface area (Å²) in [6, 6.07) is 14.9. The van der Waals surface area contributed by atoms with E-state index in [1.165, 1.54) is 11.0 Å². The SMILES string of the molecule is COc1ccc([C@H]2Cc3c(cccc3C(F)(F)F)N(CCN(C)C)C(=O)[C@H]2Cc2ccco2)cc1. The first-order chi connectivity index (χ1) is 16.7. The maximum atomic E-state index is 14.1. The van der Waals surface area contributed by atoms with E-state index in [4.69, 9.17) is 9.15 Å². The Morgan fingerprint density at radius 2 is 1.83 bits per heavy atom. The normalized spacial score (nSPS) is 18.5. The maximum Gasteiger partial charge on any atom is 0.416 e. The van der Waals surface area contributed by atoms with Crippen molar-refractivity contribution in [1.82, 2.24) is 4.90 Å². The number of benzene rings is 2. The highest BCUT2D eigenvalue weighted by molar-refractivity contribution is 5.97. The summed E-state index contributed by atoms with van der Waals surface area (Å²) in [5.41, 5.74) is 0.560. The molecule has 186 valence electrons. The second-order valence-electron chi connectivity index (χ2n) is 9.07. The highest BCUT2D eigenvalue weighted by Crippen LogP contribution is 2.44. The fraction of sp³-hybridized carbons (Fsp3) is 0.370. The predicted molar refractivity (Wildman–Crippen MR) is 128 cm³/mol. The molecule has 2 heterocycles. The van der Waals surface area contributed by atoms with Gasteiger partial charge in [0.2, 0.25) is 5.91 Å². The molecule has 8 heteroatoms. The van der Waals surface area contributed by atoms with Gasteiger partial charge in [-0.25, -0.2) is 0 Å². The van der Waals surface area contributed by atoms with Crippen molar-refractivity contribution in [2.24, 2.45) is 5.92 Å². The largest absolute Gasteiger partial charge is 0.497 e. The lowest BCUT2D eigenvalue weighted by Gasteiger charge is -2.29. The van der Waals surface area contributed by atoms with Gasteiger partial charge in [-0.15, -0.1) is 0 Å². The van der Waals surface area contributed by atoms with E-state index in [9.17, 15) is 18.0 Å². The van der Waals surface area contributed by atoms with Crippen LogP contribution in [0, 0.1) is 5.92 Å². The summed E-state index contributed by atoms with van der Waals surface area (Å²) >= 11 is 0. The number of nitrogens with zero attached hydrogens (tertiary/aromatic N) is 2. The molecule has 3 aromatic rings. The van der Waals surface area contributed by atoms with Crippen molar-refractivity contribution in [2.45, 2.75) is 24.9 Å². The molecule has 0 radical (unpaired) electrons. The number of fused-ring (bicyclic) bond motifs is 1. The predicted octanol–water partition coefficient (Wildman–Crippen LogP) is 5.40. The molecule has 1 aliphatic rings. The third kappa shape index (κ3) is 5.37. The topological polar surface area (TPSA) is 45.9 Å². The number of rotatable bonds is 7. The molecule has 2 aromatic carbocycles. The van der Waals surface area contributed by atoms with E-state index in [0.29, 0.717) is 23.7 Å². The van der Waals surface area contributed by atoms with Crippen molar-refractivity contribution in [3.8, 4) is 5.75 Å². The maximum absolute atomic E-state index is 14.1. The van der Waals surface area contributed by atoms with Gasteiger partial charge in [-0.2, -0.15) is 13.2 Å². The van der Waals surface area contributed by atoms with Crippen LogP contribution in [0.15, 0.2) is 65.3 Å². The zero-order chi connectivity index (χ0) is 25.2. The van der Waals surface area contributed by atoms with Gasteiger partial charge in [0, 0.05) is 31.1 Å². The molecule has 1 amide bonds. The van der Waals surface area contributed by atoms with Crippen LogP contribution in [-0.2, 0) is 23.8 Å². The number of hydrogen-bond donors (Lipinski definition) is 0. The second-order valence-corrected chi connectivity index (χ2v) is 9.07. The summed E-state index contributed by atoms with van der Waals surface area (Å²) in [6.45, 7) is 0.798. The Hall–Kier alpha value is -3.26. The summed E-state index contributed by atoms with van der Waals surface area (Å²) in [5.74, 6) is -0.0332. The Bertz CT molecular complexity index is 1140. The minimum absolute atomic E-state index is 0.0763. The Balaban J connectivity index is 1.88. The summed E-state index contributed by atoms with van der Waals surface area (Å²) in [6.07, 6.45) is -2.63. The molecule has 0 bridgehead atoms. The fourth-order valence-electron chi connectivity index (χ4n) is 4.77. The summed E-state index contributed by atoms with van der Waals surface area (Å²) in [4.78, 5) is 17.5. The van der Waals surface area contributed by atoms with Crippen molar-refractivity contribution < 1.29 is 27.1 Å². The van der Waals surface area contributed by atoms with Crippen molar-refractivity contribution in [2.75, 3.05) is 39.2 Å². The average molecular weight is 487 g/mol. The molecule has 0 N–H and O–H groups in total. The zero-order valence-electron chi connectivity index (χ0n) is 20.0. The number of furan rings is 1. The van der Waals surface area contributed by atoms with Crippen molar-refractivity contribution in [1.29, 1.82) is 0 Å². The minimum Gasteiger partial charge on any atom is -0.497 e. The number of hydrogen-bond acceptors (Lipinski definition) is 4. The summed E-state index contributed by atoms with van der Waals surface area (Å²) < 4.78 is 53.2. The highest BCUT2D eigenvalue weighted by atomic mass is 19.4. The molecule has 5 nitrogen and oxygen atoms in total. The van der Waals surface area contributed by atoms with Crippen molar-refractivity contribution >= 4 is 11.6 Å². The lowest BCUT2D eigenvalue weighted by molar-refractivity contribution is -0.138. The van der Waals surface area contributed by atoms with Gasteiger partial charge in [-0.05, 0) is 68.0 Å². The molecule has 0 aliphatic carbocycles. The van der Waals surface area contributed by atoms with E-state index in [-0.39, 0.29) is 30.9 Å². The van der Waals surface area contributed by atoms with E-state index in [0.717, 1.165) is 11.6 Å². The van der Waals surface area contributed by atoms with Crippen molar-refractivity contribution in [3.63, 3.8) is 0 Å². The summed E-state index contributed by atoms with van der Waals surface area (Å²) in [7, 11) is 5.30. The fourth-order valence-corrected chi connectivity index (χ4v) is 4.77. The van der Waals surface area contributed by atoms with Crippen LogP contribution >= 0.6 is 0 Å².